The Bertz CT molecular complexity index is 1920. The molecular formula is C41H54N10O5. The fourth-order valence-electron chi connectivity index (χ4n) is 6.62. The standard InChI is InChI=1S/C41H54N10O5/c1-26-22-34(38(53)42-20-7-21-51(5)6)43-25-33(26)29-12-8-27(9-13-29)23-35(39(54)45-32-18-16-30(17-19-32)36-47-49-50-48-36)46-37(52)31-14-10-28(11-15-31)24-44-40(55)56-41(2,3)4/h8-9,12-13,16-19,22,25,28,31,35H,7,10-11,14-15,20-21,23-24H2,1-6H3,(H,42,53)(H,44,55)(H,45,54)(H,46,52)(H,47,48,49,50)/t28-,31-,35-/m0/s1. The van der Waals surface area contributed by atoms with Gasteiger partial charge in [0.15, 0.2) is 5.82 Å². The molecule has 0 radical (unpaired) electrons. The van der Waals surface area contributed by atoms with Gasteiger partial charge in [0.05, 0.1) is 0 Å². The number of pyridine rings is 1. The van der Waals surface area contributed by atoms with Crippen LogP contribution in [0.2, 0.25) is 0 Å². The second-order valence-corrected chi connectivity index (χ2v) is 15.7. The highest BCUT2D eigenvalue weighted by Gasteiger charge is 2.30. The summed E-state index contributed by atoms with van der Waals surface area (Å²) >= 11 is 0. The van der Waals surface area contributed by atoms with Crippen molar-refractivity contribution in [2.75, 3.05) is 39.0 Å². The van der Waals surface area contributed by atoms with Crippen LogP contribution in [0, 0.1) is 18.8 Å². The number of anilines is 1. The van der Waals surface area contributed by atoms with E-state index in [-0.39, 0.29) is 36.0 Å². The largest absolute Gasteiger partial charge is 0.444 e. The van der Waals surface area contributed by atoms with Gasteiger partial charge in [-0.25, -0.2) is 9.89 Å². The van der Waals surface area contributed by atoms with E-state index in [1.165, 1.54) is 0 Å². The summed E-state index contributed by atoms with van der Waals surface area (Å²) in [4.78, 5) is 58.8. The van der Waals surface area contributed by atoms with Gasteiger partial charge in [-0.15, -0.1) is 5.10 Å². The smallest absolute Gasteiger partial charge is 0.407 e. The van der Waals surface area contributed by atoms with Gasteiger partial charge in [0.25, 0.3) is 5.91 Å². The maximum Gasteiger partial charge on any atom is 0.407 e. The number of carbonyl (C=O) groups is 4. The van der Waals surface area contributed by atoms with Crippen molar-refractivity contribution >= 4 is 29.5 Å². The van der Waals surface area contributed by atoms with Gasteiger partial charge in [-0.05, 0) is 144 Å². The number of hydrogen-bond acceptors (Lipinski definition) is 10. The van der Waals surface area contributed by atoms with Crippen molar-refractivity contribution in [1.29, 1.82) is 0 Å². The lowest BCUT2D eigenvalue weighted by Crippen LogP contribution is -2.48. The van der Waals surface area contributed by atoms with Crippen LogP contribution in [-0.2, 0) is 20.7 Å². The van der Waals surface area contributed by atoms with Gasteiger partial charge in [-0.2, -0.15) is 0 Å². The number of nitrogens with zero attached hydrogens (tertiary/aromatic N) is 5. The third-order valence-corrected chi connectivity index (χ3v) is 9.67. The molecule has 5 rings (SSSR count). The summed E-state index contributed by atoms with van der Waals surface area (Å²) in [6.45, 7) is 9.37. The first-order valence-electron chi connectivity index (χ1n) is 19.1. The number of aryl methyl sites for hydroxylation is 1. The fraction of sp³-hybridized carbons (Fsp3) is 0.463. The molecule has 15 nitrogen and oxygen atoms in total. The Morgan fingerprint density at radius 1 is 0.946 bits per heavy atom. The van der Waals surface area contributed by atoms with Crippen molar-refractivity contribution < 1.29 is 23.9 Å². The minimum Gasteiger partial charge on any atom is -0.444 e. The summed E-state index contributed by atoms with van der Waals surface area (Å²) in [6, 6.07) is 15.8. The Hall–Kier alpha value is -5.70. The van der Waals surface area contributed by atoms with E-state index in [1.54, 1.807) is 36.5 Å². The van der Waals surface area contributed by atoms with E-state index in [9.17, 15) is 19.2 Å². The molecule has 4 amide bonds. The molecular weight excluding hydrogens is 713 g/mol. The minimum atomic E-state index is -0.850. The van der Waals surface area contributed by atoms with E-state index >= 15 is 0 Å². The second-order valence-electron chi connectivity index (χ2n) is 15.7. The molecule has 0 aliphatic heterocycles. The number of carbonyl (C=O) groups excluding carboxylic acids is 4. The molecule has 1 aliphatic carbocycles. The van der Waals surface area contributed by atoms with Crippen LogP contribution in [0.3, 0.4) is 0 Å². The highest BCUT2D eigenvalue weighted by Crippen LogP contribution is 2.29. The highest BCUT2D eigenvalue weighted by atomic mass is 16.6. The molecule has 1 fully saturated rings. The highest BCUT2D eigenvalue weighted by molar-refractivity contribution is 5.98. The first-order valence-corrected chi connectivity index (χ1v) is 19.1. The van der Waals surface area contributed by atoms with Gasteiger partial charge in [-0.3, -0.25) is 19.4 Å². The van der Waals surface area contributed by atoms with Crippen molar-refractivity contribution in [3.8, 4) is 22.5 Å². The van der Waals surface area contributed by atoms with Crippen LogP contribution in [-0.4, -0.2) is 99.7 Å². The molecule has 0 bridgehead atoms. The molecule has 2 aromatic heterocycles. The van der Waals surface area contributed by atoms with Crippen LogP contribution in [0.1, 0.15) is 74.5 Å². The second kappa shape index (κ2) is 19.2. The van der Waals surface area contributed by atoms with Gasteiger partial charge in [-0.1, -0.05) is 24.3 Å². The zero-order chi connectivity index (χ0) is 40.2. The molecule has 0 spiro atoms. The summed E-state index contributed by atoms with van der Waals surface area (Å²) in [5.41, 5.74) is 4.70. The van der Waals surface area contributed by atoms with Crippen LogP contribution >= 0.6 is 0 Å². The molecule has 15 heteroatoms. The summed E-state index contributed by atoms with van der Waals surface area (Å²) in [5, 5.41) is 25.7. The molecule has 0 saturated heterocycles. The van der Waals surface area contributed by atoms with Crippen LogP contribution in [0.4, 0.5) is 10.5 Å². The van der Waals surface area contributed by atoms with E-state index in [2.05, 4.69) is 51.8 Å². The van der Waals surface area contributed by atoms with Crippen LogP contribution in [0.25, 0.3) is 22.5 Å². The summed E-state index contributed by atoms with van der Waals surface area (Å²) in [5.74, 6) is -0.222. The van der Waals surface area contributed by atoms with Gasteiger partial charge in [0, 0.05) is 48.4 Å². The number of benzene rings is 2. The molecule has 2 aromatic carbocycles. The molecule has 1 aliphatic rings. The molecule has 1 saturated carbocycles. The lowest BCUT2D eigenvalue weighted by molar-refractivity contribution is -0.130. The quantitative estimate of drug-likeness (QED) is 0.104. The zero-order valence-corrected chi connectivity index (χ0v) is 33.1. The number of hydrogen-bond donors (Lipinski definition) is 5. The average molecular weight is 767 g/mol. The Morgan fingerprint density at radius 2 is 1.64 bits per heavy atom. The number of alkyl carbamates (subject to hydrolysis) is 1. The van der Waals surface area contributed by atoms with E-state index < -0.39 is 17.7 Å². The number of amides is 4. The lowest BCUT2D eigenvalue weighted by Gasteiger charge is -2.29. The van der Waals surface area contributed by atoms with E-state index in [4.69, 9.17) is 4.74 Å². The van der Waals surface area contributed by atoms with Gasteiger partial charge in [0.2, 0.25) is 11.8 Å². The number of nitrogens with one attached hydrogen (secondary N) is 5. The maximum absolute atomic E-state index is 13.8. The first-order chi connectivity index (χ1) is 26.7. The molecule has 4 aromatic rings. The number of ether oxygens (including phenoxy) is 1. The number of H-pyrrole nitrogens is 1. The zero-order valence-electron chi connectivity index (χ0n) is 33.1. The van der Waals surface area contributed by atoms with Crippen molar-refractivity contribution in [1.82, 2.24) is 46.5 Å². The topological polar surface area (TPSA) is 196 Å². The Balaban J connectivity index is 1.23. The van der Waals surface area contributed by atoms with Crippen molar-refractivity contribution in [2.24, 2.45) is 11.8 Å². The normalized spacial score (nSPS) is 16.1. The molecule has 0 unspecified atom stereocenters. The van der Waals surface area contributed by atoms with Crippen LogP contribution in [0.15, 0.2) is 60.8 Å². The number of aromatic nitrogens is 5. The molecule has 2 heterocycles. The van der Waals surface area contributed by atoms with Crippen molar-refractivity contribution in [3.63, 3.8) is 0 Å². The number of rotatable bonds is 15. The Morgan fingerprint density at radius 3 is 2.27 bits per heavy atom. The summed E-state index contributed by atoms with van der Waals surface area (Å²) < 4.78 is 5.36. The van der Waals surface area contributed by atoms with E-state index in [1.807, 2.05) is 66.1 Å². The molecule has 1 atom stereocenters. The predicted molar refractivity (Wildman–Crippen MR) is 213 cm³/mol. The SMILES string of the molecule is Cc1cc(C(=O)NCCCN(C)C)ncc1-c1ccc(C[C@H](NC(=O)[C@H]2CC[C@H](CNC(=O)OC(C)(C)C)CC2)C(=O)Nc2ccc(-c3nnn[nH]3)cc2)cc1. The van der Waals surface area contributed by atoms with Crippen molar-refractivity contribution in [2.45, 2.75) is 77.9 Å². The molecule has 56 heavy (non-hydrogen) atoms. The predicted octanol–water partition coefficient (Wildman–Crippen LogP) is 4.92. The van der Waals surface area contributed by atoms with Gasteiger partial charge in [0.1, 0.15) is 17.3 Å². The van der Waals surface area contributed by atoms with Crippen LogP contribution < -0.4 is 21.3 Å². The van der Waals surface area contributed by atoms with E-state index in [0.717, 1.165) is 53.6 Å². The van der Waals surface area contributed by atoms with Crippen molar-refractivity contribution in [3.05, 3.63) is 77.6 Å². The molecule has 5 N–H and O–H groups in total. The number of tetrazole rings is 1. The van der Waals surface area contributed by atoms with E-state index in [0.29, 0.717) is 43.1 Å². The first kappa shape index (κ1) is 41.5. The lowest BCUT2D eigenvalue weighted by atomic mass is 9.81. The number of aromatic amines is 1. The van der Waals surface area contributed by atoms with Gasteiger partial charge < -0.3 is 30.9 Å². The summed E-state index contributed by atoms with van der Waals surface area (Å²) in [7, 11) is 4.00. The summed E-state index contributed by atoms with van der Waals surface area (Å²) in [6.07, 6.45) is 5.23. The Labute approximate surface area is 328 Å². The monoisotopic (exact) mass is 766 g/mol. The molecule has 298 valence electrons. The Kier molecular flexibility index (Phi) is 14.3. The van der Waals surface area contributed by atoms with Crippen LogP contribution in [0.5, 0.6) is 0 Å². The third kappa shape index (κ3) is 12.4. The van der Waals surface area contributed by atoms with Gasteiger partial charge >= 0.3 is 6.09 Å². The third-order valence-electron chi connectivity index (χ3n) is 9.67. The fourth-order valence-corrected chi connectivity index (χ4v) is 6.62. The maximum atomic E-state index is 13.8. The minimum absolute atomic E-state index is 0.169. The average Bonchev–Trinajstić information content (AvgIpc) is 3.71.